The van der Waals surface area contributed by atoms with Crippen LogP contribution >= 0.6 is 0 Å². The summed E-state index contributed by atoms with van der Waals surface area (Å²) in [6.07, 6.45) is 3.64. The Morgan fingerprint density at radius 3 is 2.22 bits per heavy atom. The predicted octanol–water partition coefficient (Wildman–Crippen LogP) is 4.37. The minimum atomic E-state index is 0.287. The summed E-state index contributed by atoms with van der Waals surface area (Å²) in [7, 11) is 3.32. The second-order valence-corrected chi connectivity index (χ2v) is 6.04. The molecule has 23 heavy (non-hydrogen) atoms. The van der Waals surface area contributed by atoms with Crippen molar-refractivity contribution in [3.05, 3.63) is 54.1 Å². The van der Waals surface area contributed by atoms with Crippen molar-refractivity contribution in [2.24, 2.45) is 5.92 Å². The van der Waals surface area contributed by atoms with Crippen LogP contribution in [0, 0.1) is 5.92 Å². The molecule has 0 aliphatic carbocycles. The highest BCUT2D eigenvalue weighted by Crippen LogP contribution is 2.36. The molecule has 0 amide bonds. The van der Waals surface area contributed by atoms with E-state index in [4.69, 9.17) is 9.47 Å². The minimum Gasteiger partial charge on any atom is -0.493 e. The molecule has 0 saturated heterocycles. The van der Waals surface area contributed by atoms with E-state index in [0.717, 1.165) is 28.0 Å². The lowest BCUT2D eigenvalue weighted by atomic mass is 9.85. The zero-order valence-electron chi connectivity index (χ0n) is 14.0. The van der Waals surface area contributed by atoms with Crippen LogP contribution in [-0.2, 0) is 0 Å². The van der Waals surface area contributed by atoms with Gasteiger partial charge in [0.05, 0.1) is 20.5 Å². The Labute approximate surface area is 136 Å². The van der Waals surface area contributed by atoms with Crippen molar-refractivity contribution in [3.8, 4) is 11.5 Å². The lowest BCUT2D eigenvalue weighted by molar-refractivity contribution is 0.356. The van der Waals surface area contributed by atoms with E-state index in [1.54, 1.807) is 20.5 Å². The number of aromatic amines is 1. The van der Waals surface area contributed by atoms with Gasteiger partial charge in [-0.15, -0.1) is 0 Å². The summed E-state index contributed by atoms with van der Waals surface area (Å²) in [6.45, 7) is 4.45. The summed E-state index contributed by atoms with van der Waals surface area (Å²) >= 11 is 0. The van der Waals surface area contributed by atoms with Gasteiger partial charge in [0, 0.05) is 17.8 Å². The number of ether oxygens (including phenoxy) is 2. The maximum atomic E-state index is 5.42. The fraction of sp³-hybridized carbons (Fsp3) is 0.316. The monoisotopic (exact) mass is 310 g/mol. The van der Waals surface area contributed by atoms with Crippen LogP contribution in [0.5, 0.6) is 11.5 Å². The third-order valence-corrected chi connectivity index (χ3v) is 4.25. The van der Waals surface area contributed by atoms with Gasteiger partial charge in [0.15, 0.2) is 11.5 Å². The SMILES string of the molecule is COc1cc2ccc([C@H](c3cnc[nH]3)C(C)C)cc2cc1OC. The van der Waals surface area contributed by atoms with Crippen molar-refractivity contribution in [1.29, 1.82) is 0 Å². The number of fused-ring (bicyclic) bond motifs is 1. The molecule has 0 bridgehead atoms. The molecule has 4 heteroatoms. The third-order valence-electron chi connectivity index (χ3n) is 4.25. The molecule has 3 aromatic rings. The van der Waals surface area contributed by atoms with Crippen molar-refractivity contribution in [2.75, 3.05) is 14.2 Å². The number of hydrogen-bond donors (Lipinski definition) is 1. The van der Waals surface area contributed by atoms with E-state index < -0.39 is 0 Å². The average molecular weight is 310 g/mol. The number of imidazole rings is 1. The predicted molar refractivity (Wildman–Crippen MR) is 92.3 cm³/mol. The Hall–Kier alpha value is -2.49. The molecule has 0 aliphatic heterocycles. The van der Waals surface area contributed by atoms with E-state index >= 15 is 0 Å². The van der Waals surface area contributed by atoms with Gasteiger partial charge in [-0.1, -0.05) is 32.0 Å². The van der Waals surface area contributed by atoms with Crippen molar-refractivity contribution in [2.45, 2.75) is 19.8 Å². The number of methoxy groups -OCH3 is 2. The van der Waals surface area contributed by atoms with Crippen molar-refractivity contribution < 1.29 is 9.47 Å². The standard InChI is InChI=1S/C19H22N2O2/c1-12(2)19(16-10-20-11-21-16)14-6-5-13-8-17(22-3)18(23-4)9-15(13)7-14/h5-12,19H,1-4H3,(H,20,21)/t19-/m1/s1. The zero-order valence-corrected chi connectivity index (χ0v) is 14.0. The fourth-order valence-electron chi connectivity index (χ4n) is 3.15. The molecule has 1 N–H and O–H groups in total. The second kappa shape index (κ2) is 6.32. The smallest absolute Gasteiger partial charge is 0.161 e. The summed E-state index contributed by atoms with van der Waals surface area (Å²) in [5.41, 5.74) is 2.41. The van der Waals surface area contributed by atoms with Crippen LogP contribution in [-0.4, -0.2) is 24.2 Å². The van der Waals surface area contributed by atoms with Crippen LogP contribution in [0.4, 0.5) is 0 Å². The van der Waals surface area contributed by atoms with Crippen molar-refractivity contribution in [3.63, 3.8) is 0 Å². The fourth-order valence-corrected chi connectivity index (χ4v) is 3.15. The molecule has 1 heterocycles. The van der Waals surface area contributed by atoms with Crippen LogP contribution in [0.2, 0.25) is 0 Å². The highest BCUT2D eigenvalue weighted by molar-refractivity contribution is 5.87. The van der Waals surface area contributed by atoms with Gasteiger partial charge in [0.25, 0.3) is 0 Å². The number of aromatic nitrogens is 2. The van der Waals surface area contributed by atoms with E-state index in [1.165, 1.54) is 5.56 Å². The summed E-state index contributed by atoms with van der Waals surface area (Å²) in [6, 6.07) is 10.6. The number of benzene rings is 2. The first-order valence-electron chi connectivity index (χ1n) is 7.78. The Morgan fingerprint density at radius 1 is 0.957 bits per heavy atom. The van der Waals surface area contributed by atoms with E-state index in [9.17, 15) is 0 Å². The number of rotatable bonds is 5. The van der Waals surface area contributed by atoms with Gasteiger partial charge in [-0.2, -0.15) is 0 Å². The molecule has 3 rings (SSSR count). The van der Waals surface area contributed by atoms with Gasteiger partial charge in [-0.25, -0.2) is 4.98 Å². The average Bonchev–Trinajstić information content (AvgIpc) is 3.07. The van der Waals surface area contributed by atoms with Gasteiger partial charge in [-0.05, 0) is 34.4 Å². The van der Waals surface area contributed by atoms with Crippen LogP contribution < -0.4 is 9.47 Å². The first kappa shape index (κ1) is 15.4. The van der Waals surface area contributed by atoms with E-state index in [0.29, 0.717) is 5.92 Å². The summed E-state index contributed by atoms with van der Waals surface area (Å²) in [4.78, 5) is 7.42. The molecule has 0 aliphatic rings. The van der Waals surface area contributed by atoms with Crippen LogP contribution in [0.25, 0.3) is 10.8 Å². The molecule has 0 radical (unpaired) electrons. The zero-order chi connectivity index (χ0) is 16.4. The largest absolute Gasteiger partial charge is 0.493 e. The van der Waals surface area contributed by atoms with Crippen molar-refractivity contribution in [1.82, 2.24) is 9.97 Å². The van der Waals surface area contributed by atoms with Crippen LogP contribution in [0.1, 0.15) is 31.0 Å². The molecular weight excluding hydrogens is 288 g/mol. The van der Waals surface area contributed by atoms with Gasteiger partial charge < -0.3 is 14.5 Å². The highest BCUT2D eigenvalue weighted by atomic mass is 16.5. The first-order valence-corrected chi connectivity index (χ1v) is 7.78. The maximum absolute atomic E-state index is 5.42. The van der Waals surface area contributed by atoms with E-state index in [2.05, 4.69) is 42.0 Å². The molecule has 1 aromatic heterocycles. The minimum absolute atomic E-state index is 0.287. The molecular formula is C19H22N2O2. The molecule has 4 nitrogen and oxygen atoms in total. The van der Waals surface area contributed by atoms with Crippen molar-refractivity contribution >= 4 is 10.8 Å². The molecule has 0 spiro atoms. The molecule has 0 fully saturated rings. The Balaban J connectivity index is 2.11. The van der Waals surface area contributed by atoms with Gasteiger partial charge >= 0.3 is 0 Å². The molecule has 1 atom stereocenters. The number of nitrogens with one attached hydrogen (secondary N) is 1. The lowest BCUT2D eigenvalue weighted by Crippen LogP contribution is -2.09. The lowest BCUT2D eigenvalue weighted by Gasteiger charge is -2.20. The third kappa shape index (κ3) is 2.89. The van der Waals surface area contributed by atoms with Gasteiger partial charge in [0.2, 0.25) is 0 Å². The normalized spacial score (nSPS) is 12.6. The quantitative estimate of drug-likeness (QED) is 0.761. The summed E-state index contributed by atoms with van der Waals surface area (Å²) in [5.74, 6) is 2.25. The van der Waals surface area contributed by atoms with E-state index in [-0.39, 0.29) is 5.92 Å². The van der Waals surface area contributed by atoms with Crippen LogP contribution in [0.3, 0.4) is 0 Å². The topological polar surface area (TPSA) is 47.1 Å². The molecule has 120 valence electrons. The van der Waals surface area contributed by atoms with Crippen LogP contribution in [0.15, 0.2) is 42.9 Å². The highest BCUT2D eigenvalue weighted by Gasteiger charge is 2.20. The number of hydrogen-bond acceptors (Lipinski definition) is 3. The summed E-state index contributed by atoms with van der Waals surface area (Å²) < 4.78 is 10.8. The molecule has 0 saturated carbocycles. The van der Waals surface area contributed by atoms with E-state index in [1.807, 2.05) is 18.3 Å². The Kier molecular flexibility index (Phi) is 4.24. The maximum Gasteiger partial charge on any atom is 0.161 e. The van der Waals surface area contributed by atoms with Gasteiger partial charge in [-0.3, -0.25) is 0 Å². The number of H-pyrrole nitrogens is 1. The summed E-state index contributed by atoms with van der Waals surface area (Å²) in [5, 5.41) is 2.28. The first-order chi connectivity index (χ1) is 11.1. The Morgan fingerprint density at radius 2 is 1.65 bits per heavy atom. The molecule has 0 unspecified atom stereocenters. The molecule has 2 aromatic carbocycles. The number of nitrogens with zero attached hydrogens (tertiary/aromatic N) is 1. The second-order valence-electron chi connectivity index (χ2n) is 6.04. The van der Waals surface area contributed by atoms with Gasteiger partial charge in [0.1, 0.15) is 0 Å². The Bertz CT molecular complexity index is 794.